The van der Waals surface area contributed by atoms with Gasteiger partial charge in [0, 0.05) is 12.0 Å². The fraction of sp³-hybridized carbons (Fsp3) is 0.182. The number of rotatable bonds is 2. The first-order valence-corrected chi connectivity index (χ1v) is 4.53. The van der Waals surface area contributed by atoms with Crippen molar-refractivity contribution in [2.45, 2.75) is 12.0 Å². The third kappa shape index (κ3) is 1.26. The topological polar surface area (TPSA) is 49.3 Å². The zero-order chi connectivity index (χ0) is 11.1. The Labute approximate surface area is 86.2 Å². The number of carbonyl (C=O) groups excluding carboxylic acids is 1. The van der Waals surface area contributed by atoms with Gasteiger partial charge in [-0.1, -0.05) is 18.2 Å². The number of fused-ring (bicyclic) bond motifs is 1. The monoisotopic (exact) mass is 207 g/mol. The largest absolute Gasteiger partial charge is 0.375 e. The van der Waals surface area contributed by atoms with Gasteiger partial charge in [0.25, 0.3) is 5.91 Å². The molecule has 0 radical (unpaired) electrons. The quantitative estimate of drug-likeness (QED) is 0.723. The number of benzene rings is 1. The normalized spacial score (nSPS) is 23.5. The number of carbonyl (C=O) groups is 1. The number of nitrogens with one attached hydrogen (secondary N) is 1. The Kier molecular flexibility index (Phi) is 2.08. The van der Waals surface area contributed by atoms with Crippen LogP contribution in [0.5, 0.6) is 0 Å². The molecular weight excluding hydrogens is 197 g/mol. The summed E-state index contributed by atoms with van der Waals surface area (Å²) in [7, 11) is 0. The van der Waals surface area contributed by atoms with Gasteiger partial charge in [-0.05, 0) is 6.07 Å². The Hall–Kier alpha value is -1.68. The number of halogens is 1. The van der Waals surface area contributed by atoms with Gasteiger partial charge in [0.15, 0.2) is 5.60 Å². The average Bonchev–Trinajstić information content (AvgIpc) is 2.44. The van der Waals surface area contributed by atoms with Crippen molar-refractivity contribution in [3.63, 3.8) is 0 Å². The third-order valence-corrected chi connectivity index (χ3v) is 2.51. The maximum Gasteiger partial charge on any atom is 0.261 e. The van der Waals surface area contributed by atoms with Crippen molar-refractivity contribution in [1.29, 1.82) is 0 Å². The van der Waals surface area contributed by atoms with Crippen LogP contribution in [0.1, 0.15) is 12.0 Å². The summed E-state index contributed by atoms with van der Waals surface area (Å²) in [6.45, 7) is 3.47. The number of anilines is 1. The summed E-state index contributed by atoms with van der Waals surface area (Å²) in [5, 5.41) is 12.4. The highest BCUT2D eigenvalue weighted by molar-refractivity contribution is 6.05. The van der Waals surface area contributed by atoms with Gasteiger partial charge in [-0.25, -0.2) is 4.39 Å². The zero-order valence-corrected chi connectivity index (χ0v) is 7.96. The number of para-hydroxylation sites is 1. The molecule has 78 valence electrons. The van der Waals surface area contributed by atoms with Crippen LogP contribution in [-0.4, -0.2) is 11.0 Å². The van der Waals surface area contributed by atoms with Crippen LogP contribution < -0.4 is 5.32 Å². The summed E-state index contributed by atoms with van der Waals surface area (Å²) in [6.07, 6.45) is 1.49. The maximum absolute atomic E-state index is 13.3. The molecule has 1 atom stereocenters. The number of amides is 1. The molecule has 0 saturated heterocycles. The lowest BCUT2D eigenvalue weighted by molar-refractivity contribution is -0.133. The Morgan fingerprint density at radius 3 is 3.00 bits per heavy atom. The molecule has 3 nitrogen and oxygen atoms in total. The molecule has 0 aromatic heterocycles. The predicted octanol–water partition coefficient (Wildman–Crippen LogP) is 1.54. The van der Waals surface area contributed by atoms with Crippen molar-refractivity contribution >= 4 is 11.6 Å². The molecule has 1 aromatic carbocycles. The zero-order valence-electron chi connectivity index (χ0n) is 7.96. The molecule has 1 aliphatic heterocycles. The maximum atomic E-state index is 13.3. The predicted molar refractivity (Wildman–Crippen MR) is 53.7 cm³/mol. The van der Waals surface area contributed by atoms with Gasteiger partial charge in [-0.15, -0.1) is 6.58 Å². The minimum atomic E-state index is -1.68. The summed E-state index contributed by atoms with van der Waals surface area (Å²) >= 11 is 0. The second-order valence-corrected chi connectivity index (χ2v) is 3.47. The first-order valence-electron chi connectivity index (χ1n) is 4.53. The van der Waals surface area contributed by atoms with Crippen molar-refractivity contribution in [2.75, 3.05) is 5.32 Å². The molecule has 0 bridgehead atoms. The van der Waals surface area contributed by atoms with Crippen molar-refractivity contribution in [1.82, 2.24) is 0 Å². The first-order chi connectivity index (χ1) is 7.09. The second kappa shape index (κ2) is 3.17. The minimum Gasteiger partial charge on any atom is -0.375 e. The van der Waals surface area contributed by atoms with Crippen LogP contribution in [0.4, 0.5) is 10.1 Å². The molecule has 1 unspecified atom stereocenters. The Morgan fingerprint density at radius 1 is 1.60 bits per heavy atom. The van der Waals surface area contributed by atoms with E-state index in [4.69, 9.17) is 0 Å². The highest BCUT2D eigenvalue weighted by Gasteiger charge is 2.45. The molecule has 1 heterocycles. The summed E-state index contributed by atoms with van der Waals surface area (Å²) in [6, 6.07) is 4.22. The molecule has 4 heteroatoms. The minimum absolute atomic E-state index is 0.0619. The number of hydrogen-bond acceptors (Lipinski definition) is 2. The lowest BCUT2D eigenvalue weighted by Crippen LogP contribution is -2.33. The van der Waals surface area contributed by atoms with Crippen LogP contribution in [-0.2, 0) is 10.4 Å². The molecule has 2 N–H and O–H groups in total. The fourth-order valence-electron chi connectivity index (χ4n) is 1.75. The summed E-state index contributed by atoms with van der Waals surface area (Å²) in [5.74, 6) is -1.15. The summed E-state index contributed by atoms with van der Waals surface area (Å²) in [5.41, 5.74) is -1.35. The van der Waals surface area contributed by atoms with Crippen LogP contribution in [0, 0.1) is 5.82 Å². The van der Waals surface area contributed by atoms with Crippen LogP contribution in [0.3, 0.4) is 0 Å². The molecule has 2 rings (SSSR count). The number of hydrogen-bond donors (Lipinski definition) is 2. The van der Waals surface area contributed by atoms with Crippen molar-refractivity contribution < 1.29 is 14.3 Å². The highest BCUT2D eigenvalue weighted by Crippen LogP contribution is 2.39. The van der Waals surface area contributed by atoms with E-state index in [0.717, 1.165) is 0 Å². The van der Waals surface area contributed by atoms with Crippen LogP contribution >= 0.6 is 0 Å². The molecule has 1 aliphatic rings. The molecule has 0 saturated carbocycles. The van der Waals surface area contributed by atoms with Crippen molar-refractivity contribution in [3.8, 4) is 0 Å². The second-order valence-electron chi connectivity index (χ2n) is 3.47. The van der Waals surface area contributed by atoms with E-state index in [9.17, 15) is 14.3 Å². The molecule has 1 aromatic rings. The van der Waals surface area contributed by atoms with Gasteiger partial charge < -0.3 is 10.4 Å². The van der Waals surface area contributed by atoms with Gasteiger partial charge in [0.1, 0.15) is 5.82 Å². The van der Waals surface area contributed by atoms with Crippen LogP contribution in [0.2, 0.25) is 0 Å². The van der Waals surface area contributed by atoms with Gasteiger partial charge in [0.05, 0.1) is 5.69 Å². The van der Waals surface area contributed by atoms with Gasteiger partial charge >= 0.3 is 0 Å². The lowest BCUT2D eigenvalue weighted by Gasteiger charge is -2.18. The van der Waals surface area contributed by atoms with Gasteiger partial charge in [-0.2, -0.15) is 0 Å². The van der Waals surface area contributed by atoms with E-state index >= 15 is 0 Å². The van der Waals surface area contributed by atoms with E-state index < -0.39 is 17.3 Å². The van der Waals surface area contributed by atoms with E-state index in [-0.39, 0.29) is 17.7 Å². The average molecular weight is 207 g/mol. The van der Waals surface area contributed by atoms with Crippen LogP contribution in [0.15, 0.2) is 30.9 Å². The van der Waals surface area contributed by atoms with E-state index in [2.05, 4.69) is 11.9 Å². The van der Waals surface area contributed by atoms with Gasteiger partial charge in [-0.3, -0.25) is 4.79 Å². The highest BCUT2D eigenvalue weighted by atomic mass is 19.1. The van der Waals surface area contributed by atoms with Gasteiger partial charge in [0.2, 0.25) is 0 Å². The molecule has 0 fully saturated rings. The van der Waals surface area contributed by atoms with E-state index in [1.54, 1.807) is 0 Å². The van der Waals surface area contributed by atoms with E-state index in [0.29, 0.717) is 0 Å². The summed E-state index contributed by atoms with van der Waals surface area (Å²) in [4.78, 5) is 11.5. The first kappa shape index (κ1) is 9.86. The molecule has 0 spiro atoms. The fourth-order valence-corrected chi connectivity index (χ4v) is 1.75. The van der Waals surface area contributed by atoms with E-state index in [1.807, 2.05) is 0 Å². The lowest BCUT2D eigenvalue weighted by atomic mass is 9.92. The van der Waals surface area contributed by atoms with Crippen LogP contribution in [0.25, 0.3) is 0 Å². The molecule has 0 aliphatic carbocycles. The molecule has 15 heavy (non-hydrogen) atoms. The summed E-state index contributed by atoms with van der Waals surface area (Å²) < 4.78 is 13.3. The Balaban J connectivity index is 2.59. The molecular formula is C11H10FNO2. The Morgan fingerprint density at radius 2 is 2.33 bits per heavy atom. The third-order valence-electron chi connectivity index (χ3n) is 2.51. The number of aliphatic hydroxyl groups is 1. The SMILES string of the molecule is C=CCC1(O)C(=O)Nc2c(F)cccc21. The van der Waals surface area contributed by atoms with Crippen molar-refractivity contribution in [3.05, 3.63) is 42.2 Å². The standard InChI is InChI=1S/C11H10FNO2/c1-2-6-11(15)7-4-3-5-8(12)9(7)13-10(11)14/h2-5,15H,1,6H2,(H,13,14). The van der Waals surface area contributed by atoms with E-state index in [1.165, 1.54) is 24.3 Å². The molecule has 1 amide bonds. The smallest absolute Gasteiger partial charge is 0.261 e. The Bertz CT molecular complexity index is 444. The van der Waals surface area contributed by atoms with Crippen molar-refractivity contribution in [2.24, 2.45) is 0 Å².